The number of nitrogens with zero attached hydrogens (tertiary/aromatic N) is 2. The minimum atomic E-state index is 0.368. The number of pyridine rings is 1. The first-order chi connectivity index (χ1) is 10.6. The summed E-state index contributed by atoms with van der Waals surface area (Å²) in [5.41, 5.74) is 11.4. The van der Waals surface area contributed by atoms with Gasteiger partial charge in [-0.05, 0) is 44.3 Å². The molecular formula is C19H21N3. The van der Waals surface area contributed by atoms with E-state index in [1.165, 1.54) is 11.1 Å². The van der Waals surface area contributed by atoms with E-state index >= 15 is 0 Å². The molecule has 2 aromatic carbocycles. The van der Waals surface area contributed by atoms with Crippen LogP contribution in [0.2, 0.25) is 0 Å². The van der Waals surface area contributed by atoms with Gasteiger partial charge in [-0.15, -0.1) is 0 Å². The summed E-state index contributed by atoms with van der Waals surface area (Å²) in [6, 6.07) is 17.0. The number of anilines is 1. The number of aromatic nitrogens is 1. The number of rotatable bonds is 3. The van der Waals surface area contributed by atoms with Crippen molar-refractivity contribution in [3.63, 3.8) is 0 Å². The molecule has 22 heavy (non-hydrogen) atoms. The number of benzene rings is 2. The number of hydrogen-bond donors (Lipinski definition) is 1. The number of nitrogen functional groups attached to an aromatic ring is 1. The lowest BCUT2D eigenvalue weighted by molar-refractivity contribution is 0.321. The van der Waals surface area contributed by atoms with Gasteiger partial charge < -0.3 is 10.6 Å². The maximum atomic E-state index is 6.07. The maximum absolute atomic E-state index is 6.07. The molecular weight excluding hydrogens is 270 g/mol. The fourth-order valence-corrected chi connectivity index (χ4v) is 2.69. The molecule has 0 spiro atoms. The van der Waals surface area contributed by atoms with Crippen LogP contribution in [-0.2, 0) is 0 Å². The van der Waals surface area contributed by atoms with Gasteiger partial charge in [0, 0.05) is 28.9 Å². The Morgan fingerprint density at radius 2 is 1.82 bits per heavy atom. The van der Waals surface area contributed by atoms with Gasteiger partial charge in [0.1, 0.15) is 0 Å². The van der Waals surface area contributed by atoms with Crippen LogP contribution in [0.4, 0.5) is 5.69 Å². The lowest BCUT2D eigenvalue weighted by Crippen LogP contribution is -2.16. The molecule has 0 saturated carbocycles. The van der Waals surface area contributed by atoms with E-state index in [0.29, 0.717) is 6.04 Å². The van der Waals surface area contributed by atoms with Gasteiger partial charge in [-0.1, -0.05) is 36.4 Å². The second kappa shape index (κ2) is 5.78. The first-order valence-corrected chi connectivity index (χ1v) is 7.48. The molecule has 3 aromatic rings. The highest BCUT2D eigenvalue weighted by Gasteiger charge is 2.11. The Labute approximate surface area is 131 Å². The van der Waals surface area contributed by atoms with E-state index in [-0.39, 0.29) is 0 Å². The number of fused-ring (bicyclic) bond motifs is 1. The Balaban J connectivity index is 2.16. The van der Waals surface area contributed by atoms with Crippen LogP contribution in [0.3, 0.4) is 0 Å². The zero-order valence-electron chi connectivity index (χ0n) is 13.2. The molecule has 0 bridgehead atoms. The molecule has 1 unspecified atom stereocenters. The summed E-state index contributed by atoms with van der Waals surface area (Å²) in [4.78, 5) is 6.74. The average molecular weight is 291 g/mol. The van der Waals surface area contributed by atoms with E-state index < -0.39 is 0 Å². The third-order valence-electron chi connectivity index (χ3n) is 4.26. The lowest BCUT2D eigenvalue weighted by atomic mass is 9.97. The Bertz CT molecular complexity index is 809. The number of para-hydroxylation sites is 1. The van der Waals surface area contributed by atoms with E-state index in [4.69, 9.17) is 5.73 Å². The molecule has 1 atom stereocenters. The molecule has 0 aliphatic heterocycles. The monoisotopic (exact) mass is 291 g/mol. The zero-order chi connectivity index (χ0) is 15.7. The number of nitrogens with two attached hydrogens (primary N) is 1. The molecule has 0 radical (unpaired) electrons. The highest BCUT2D eigenvalue weighted by Crippen LogP contribution is 2.31. The van der Waals surface area contributed by atoms with Crippen LogP contribution in [-0.4, -0.2) is 24.0 Å². The van der Waals surface area contributed by atoms with E-state index in [0.717, 1.165) is 22.2 Å². The van der Waals surface area contributed by atoms with Gasteiger partial charge in [-0.25, -0.2) is 0 Å². The van der Waals surface area contributed by atoms with Crippen molar-refractivity contribution in [3.05, 3.63) is 60.3 Å². The second-order valence-corrected chi connectivity index (χ2v) is 5.87. The lowest BCUT2D eigenvalue weighted by Gasteiger charge is -2.21. The Morgan fingerprint density at radius 1 is 1.05 bits per heavy atom. The van der Waals surface area contributed by atoms with Crippen LogP contribution in [0.15, 0.2) is 54.7 Å². The third-order valence-corrected chi connectivity index (χ3v) is 4.26. The van der Waals surface area contributed by atoms with Gasteiger partial charge in [0.05, 0.1) is 5.52 Å². The quantitative estimate of drug-likeness (QED) is 0.789. The smallest absolute Gasteiger partial charge is 0.0800 e. The fourth-order valence-electron chi connectivity index (χ4n) is 2.69. The first-order valence-electron chi connectivity index (χ1n) is 7.48. The van der Waals surface area contributed by atoms with Crippen molar-refractivity contribution >= 4 is 16.6 Å². The molecule has 112 valence electrons. The Kier molecular flexibility index (Phi) is 3.82. The van der Waals surface area contributed by atoms with E-state index in [2.05, 4.69) is 61.2 Å². The SMILES string of the molecule is CC(c1cccc(-c2cccc3c(N)ccnc23)c1)N(C)C. The summed E-state index contributed by atoms with van der Waals surface area (Å²) in [6.45, 7) is 2.21. The Morgan fingerprint density at radius 3 is 2.59 bits per heavy atom. The zero-order valence-corrected chi connectivity index (χ0v) is 13.2. The third kappa shape index (κ3) is 2.55. The van der Waals surface area contributed by atoms with E-state index in [1.807, 2.05) is 18.2 Å². The van der Waals surface area contributed by atoms with Crippen LogP contribution in [0, 0.1) is 0 Å². The summed E-state index contributed by atoms with van der Waals surface area (Å²) in [6.07, 6.45) is 1.77. The van der Waals surface area contributed by atoms with Crippen molar-refractivity contribution in [2.75, 3.05) is 19.8 Å². The van der Waals surface area contributed by atoms with Crippen LogP contribution < -0.4 is 5.73 Å². The highest BCUT2D eigenvalue weighted by molar-refractivity contribution is 5.99. The summed E-state index contributed by atoms with van der Waals surface area (Å²) in [5, 5.41) is 1.01. The van der Waals surface area contributed by atoms with E-state index in [9.17, 15) is 0 Å². The summed E-state index contributed by atoms with van der Waals surface area (Å²) in [5.74, 6) is 0. The predicted octanol–water partition coefficient (Wildman–Crippen LogP) is 4.11. The molecule has 0 amide bonds. The van der Waals surface area contributed by atoms with Crippen molar-refractivity contribution in [2.24, 2.45) is 0 Å². The summed E-state index contributed by atoms with van der Waals surface area (Å²) >= 11 is 0. The molecule has 3 heteroatoms. The van der Waals surface area contributed by atoms with Gasteiger partial charge in [-0.3, -0.25) is 4.98 Å². The molecule has 1 heterocycles. The topological polar surface area (TPSA) is 42.1 Å². The van der Waals surface area contributed by atoms with Crippen LogP contribution in [0.5, 0.6) is 0 Å². The molecule has 0 aliphatic carbocycles. The molecule has 1 aromatic heterocycles. The normalized spacial score (nSPS) is 12.7. The predicted molar refractivity (Wildman–Crippen MR) is 93.7 cm³/mol. The van der Waals surface area contributed by atoms with Crippen LogP contribution in [0.25, 0.3) is 22.0 Å². The number of hydrogen-bond acceptors (Lipinski definition) is 3. The summed E-state index contributed by atoms with van der Waals surface area (Å²) in [7, 11) is 4.19. The minimum Gasteiger partial charge on any atom is -0.398 e. The standard InChI is InChI=1S/C19H21N3/c1-13(22(2)3)14-6-4-7-15(12-14)16-8-5-9-17-18(20)10-11-21-19(16)17/h4-13H,1-3H3,(H2,20,21). The van der Waals surface area contributed by atoms with Gasteiger partial charge in [0.15, 0.2) is 0 Å². The highest BCUT2D eigenvalue weighted by atomic mass is 15.1. The maximum Gasteiger partial charge on any atom is 0.0800 e. The summed E-state index contributed by atoms with van der Waals surface area (Å²) < 4.78 is 0. The van der Waals surface area contributed by atoms with Crippen molar-refractivity contribution < 1.29 is 0 Å². The average Bonchev–Trinajstić information content (AvgIpc) is 2.54. The van der Waals surface area contributed by atoms with Crippen LogP contribution >= 0.6 is 0 Å². The molecule has 0 aliphatic rings. The van der Waals surface area contributed by atoms with Gasteiger partial charge in [0.2, 0.25) is 0 Å². The fraction of sp³-hybridized carbons (Fsp3) is 0.211. The molecule has 0 fully saturated rings. The minimum absolute atomic E-state index is 0.368. The van der Waals surface area contributed by atoms with Crippen LogP contribution in [0.1, 0.15) is 18.5 Å². The van der Waals surface area contributed by atoms with Crippen molar-refractivity contribution in [3.8, 4) is 11.1 Å². The Hall–Kier alpha value is -2.39. The van der Waals surface area contributed by atoms with Gasteiger partial charge in [0.25, 0.3) is 0 Å². The van der Waals surface area contributed by atoms with Crippen molar-refractivity contribution in [2.45, 2.75) is 13.0 Å². The van der Waals surface area contributed by atoms with Gasteiger partial charge >= 0.3 is 0 Å². The second-order valence-electron chi connectivity index (χ2n) is 5.87. The largest absolute Gasteiger partial charge is 0.398 e. The first kappa shape index (κ1) is 14.5. The van der Waals surface area contributed by atoms with Crippen molar-refractivity contribution in [1.29, 1.82) is 0 Å². The van der Waals surface area contributed by atoms with Crippen molar-refractivity contribution in [1.82, 2.24) is 9.88 Å². The molecule has 0 saturated heterocycles. The molecule has 3 rings (SSSR count). The molecule has 3 nitrogen and oxygen atoms in total. The molecule has 2 N–H and O–H groups in total. The van der Waals surface area contributed by atoms with E-state index in [1.54, 1.807) is 6.20 Å². The van der Waals surface area contributed by atoms with Gasteiger partial charge in [-0.2, -0.15) is 0 Å².